The Balaban J connectivity index is 3.11. The van der Waals surface area contributed by atoms with E-state index in [0.717, 1.165) is 32.1 Å². The van der Waals surface area contributed by atoms with Gasteiger partial charge in [-0.1, -0.05) is 58.8 Å². The largest absolute Gasteiger partial charge is 0.508 e. The van der Waals surface area contributed by atoms with Gasteiger partial charge in [0.05, 0.1) is 13.2 Å². The average molecular weight is 244 g/mol. The van der Waals surface area contributed by atoms with Crippen molar-refractivity contribution >= 4 is 6.16 Å². The van der Waals surface area contributed by atoms with E-state index in [0.29, 0.717) is 13.2 Å². The summed E-state index contributed by atoms with van der Waals surface area (Å²) in [5.41, 5.74) is 0. The van der Waals surface area contributed by atoms with Gasteiger partial charge in [-0.2, -0.15) is 0 Å². The van der Waals surface area contributed by atoms with E-state index in [-0.39, 0.29) is 0 Å². The molecule has 0 aliphatic carbocycles. The highest BCUT2D eigenvalue weighted by Crippen LogP contribution is 2.05. The number of carbonyl (C=O) groups excluding carboxylic acids is 1. The summed E-state index contributed by atoms with van der Waals surface area (Å²) >= 11 is 0. The minimum absolute atomic E-state index is 0.489. The third-order valence-corrected chi connectivity index (χ3v) is 2.69. The summed E-state index contributed by atoms with van der Waals surface area (Å²) < 4.78 is 9.90. The first-order valence-electron chi connectivity index (χ1n) is 7.10. The summed E-state index contributed by atoms with van der Waals surface area (Å²) in [5.74, 6) is 0. The average Bonchev–Trinajstić information content (AvgIpc) is 2.33. The molecule has 0 saturated carbocycles. The molecule has 0 aromatic rings. The monoisotopic (exact) mass is 244 g/mol. The lowest BCUT2D eigenvalue weighted by Crippen LogP contribution is -2.09. The van der Waals surface area contributed by atoms with Gasteiger partial charge in [0.15, 0.2) is 0 Å². The van der Waals surface area contributed by atoms with Gasteiger partial charge in [0.25, 0.3) is 0 Å². The van der Waals surface area contributed by atoms with E-state index >= 15 is 0 Å². The lowest BCUT2D eigenvalue weighted by Gasteiger charge is -2.05. The smallest absolute Gasteiger partial charge is 0.434 e. The molecular weight excluding hydrogens is 216 g/mol. The number of ether oxygens (including phenoxy) is 2. The molecule has 102 valence electrons. The Morgan fingerprint density at radius 1 is 0.706 bits per heavy atom. The number of unbranched alkanes of at least 4 members (excludes halogenated alkanes) is 7. The molecule has 0 atom stereocenters. The van der Waals surface area contributed by atoms with Gasteiger partial charge < -0.3 is 9.47 Å². The lowest BCUT2D eigenvalue weighted by molar-refractivity contribution is 0.0530. The van der Waals surface area contributed by atoms with Crippen molar-refractivity contribution in [2.45, 2.75) is 71.6 Å². The van der Waals surface area contributed by atoms with Crippen molar-refractivity contribution in [1.82, 2.24) is 0 Å². The van der Waals surface area contributed by atoms with Crippen LogP contribution in [0.15, 0.2) is 0 Å². The molecule has 0 rings (SSSR count). The fourth-order valence-corrected chi connectivity index (χ4v) is 1.59. The van der Waals surface area contributed by atoms with E-state index in [4.69, 9.17) is 9.47 Å². The highest BCUT2D eigenvalue weighted by Gasteiger charge is 2.02. The van der Waals surface area contributed by atoms with Crippen molar-refractivity contribution in [3.05, 3.63) is 0 Å². The van der Waals surface area contributed by atoms with Crippen molar-refractivity contribution in [3.8, 4) is 0 Å². The van der Waals surface area contributed by atoms with Gasteiger partial charge in [-0.25, -0.2) is 4.79 Å². The van der Waals surface area contributed by atoms with Gasteiger partial charge in [-0.05, 0) is 12.8 Å². The van der Waals surface area contributed by atoms with Crippen molar-refractivity contribution in [2.24, 2.45) is 0 Å². The Morgan fingerprint density at radius 3 is 1.71 bits per heavy atom. The van der Waals surface area contributed by atoms with Crippen LogP contribution >= 0.6 is 0 Å². The van der Waals surface area contributed by atoms with E-state index in [1.165, 1.54) is 25.7 Å². The molecule has 0 aromatic heterocycles. The summed E-state index contributed by atoms with van der Waals surface area (Å²) in [6.07, 6.45) is 9.86. The standard InChI is InChI=1S/C14H28O3/c1-3-5-7-8-9-11-13-17-14(15)16-12-10-6-4-2/h3-13H2,1-2H3. The number of rotatable bonds is 11. The number of hydrogen-bond donors (Lipinski definition) is 0. The van der Waals surface area contributed by atoms with Crippen LogP contribution in [0.2, 0.25) is 0 Å². The highest BCUT2D eigenvalue weighted by molar-refractivity contribution is 5.59. The highest BCUT2D eigenvalue weighted by atomic mass is 16.7. The minimum atomic E-state index is -0.505. The first kappa shape index (κ1) is 16.3. The zero-order valence-corrected chi connectivity index (χ0v) is 11.5. The Labute approximate surface area is 106 Å². The van der Waals surface area contributed by atoms with Crippen LogP contribution < -0.4 is 0 Å². The van der Waals surface area contributed by atoms with Crippen LogP contribution in [0.3, 0.4) is 0 Å². The van der Waals surface area contributed by atoms with E-state index in [9.17, 15) is 4.79 Å². The fraction of sp³-hybridized carbons (Fsp3) is 0.929. The molecule has 0 aromatic carbocycles. The van der Waals surface area contributed by atoms with E-state index in [2.05, 4.69) is 13.8 Å². The molecule has 0 bridgehead atoms. The Hall–Kier alpha value is -0.730. The van der Waals surface area contributed by atoms with E-state index in [1.54, 1.807) is 0 Å². The summed E-state index contributed by atoms with van der Waals surface area (Å²) in [4.78, 5) is 11.1. The second-order valence-electron chi connectivity index (χ2n) is 4.42. The summed E-state index contributed by atoms with van der Waals surface area (Å²) in [5, 5.41) is 0. The minimum Gasteiger partial charge on any atom is -0.434 e. The third kappa shape index (κ3) is 13.2. The topological polar surface area (TPSA) is 35.5 Å². The Bertz CT molecular complexity index is 169. The van der Waals surface area contributed by atoms with Gasteiger partial charge in [0.1, 0.15) is 0 Å². The zero-order chi connectivity index (χ0) is 12.8. The molecule has 0 unspecified atom stereocenters. The van der Waals surface area contributed by atoms with Gasteiger partial charge >= 0.3 is 6.16 Å². The molecule has 17 heavy (non-hydrogen) atoms. The van der Waals surface area contributed by atoms with Crippen molar-refractivity contribution in [3.63, 3.8) is 0 Å². The molecule has 0 aliphatic heterocycles. The molecule has 0 radical (unpaired) electrons. The van der Waals surface area contributed by atoms with Crippen LogP contribution in [-0.4, -0.2) is 19.4 Å². The van der Waals surface area contributed by atoms with Crippen molar-refractivity contribution in [2.75, 3.05) is 13.2 Å². The quantitative estimate of drug-likeness (QED) is 0.390. The van der Waals surface area contributed by atoms with Gasteiger partial charge in [-0.3, -0.25) is 0 Å². The first-order chi connectivity index (χ1) is 8.31. The van der Waals surface area contributed by atoms with Gasteiger partial charge in [-0.15, -0.1) is 0 Å². The summed E-state index contributed by atoms with van der Waals surface area (Å²) in [7, 11) is 0. The maximum Gasteiger partial charge on any atom is 0.508 e. The summed E-state index contributed by atoms with van der Waals surface area (Å²) in [6.45, 7) is 5.32. The maximum atomic E-state index is 11.1. The third-order valence-electron chi connectivity index (χ3n) is 2.69. The number of hydrogen-bond acceptors (Lipinski definition) is 3. The molecule has 0 aliphatic rings. The molecular formula is C14H28O3. The Kier molecular flexibility index (Phi) is 12.8. The second kappa shape index (κ2) is 13.3. The van der Waals surface area contributed by atoms with Crippen molar-refractivity contribution in [1.29, 1.82) is 0 Å². The van der Waals surface area contributed by atoms with Crippen LogP contribution in [0.5, 0.6) is 0 Å². The maximum absolute atomic E-state index is 11.1. The van der Waals surface area contributed by atoms with Crippen LogP contribution in [-0.2, 0) is 9.47 Å². The van der Waals surface area contributed by atoms with Gasteiger partial charge in [0.2, 0.25) is 0 Å². The molecule has 3 nitrogen and oxygen atoms in total. The normalized spacial score (nSPS) is 10.2. The Morgan fingerprint density at radius 2 is 1.12 bits per heavy atom. The zero-order valence-electron chi connectivity index (χ0n) is 11.5. The van der Waals surface area contributed by atoms with Crippen LogP contribution in [0, 0.1) is 0 Å². The molecule has 0 heterocycles. The predicted octanol–water partition coefficient (Wildman–Crippen LogP) is 4.69. The van der Waals surface area contributed by atoms with Crippen LogP contribution in [0.1, 0.15) is 71.6 Å². The second-order valence-corrected chi connectivity index (χ2v) is 4.42. The van der Waals surface area contributed by atoms with Crippen molar-refractivity contribution < 1.29 is 14.3 Å². The van der Waals surface area contributed by atoms with Crippen LogP contribution in [0.4, 0.5) is 4.79 Å². The molecule has 0 spiro atoms. The van der Waals surface area contributed by atoms with E-state index < -0.39 is 6.16 Å². The van der Waals surface area contributed by atoms with E-state index in [1.807, 2.05) is 0 Å². The molecule has 0 amide bonds. The SMILES string of the molecule is CCCCCCCCOC(=O)OCCCCC. The molecule has 3 heteroatoms. The number of carbonyl (C=O) groups is 1. The van der Waals surface area contributed by atoms with Crippen LogP contribution in [0.25, 0.3) is 0 Å². The fourth-order valence-electron chi connectivity index (χ4n) is 1.59. The summed E-state index contributed by atoms with van der Waals surface area (Å²) in [6, 6.07) is 0. The molecule has 0 fully saturated rings. The lowest BCUT2D eigenvalue weighted by atomic mass is 10.1. The molecule has 0 N–H and O–H groups in total. The first-order valence-corrected chi connectivity index (χ1v) is 7.10. The predicted molar refractivity (Wildman–Crippen MR) is 70.2 cm³/mol. The molecule has 0 saturated heterocycles. The van der Waals surface area contributed by atoms with Gasteiger partial charge in [0, 0.05) is 0 Å².